The molecule has 2 heterocycles. The summed E-state index contributed by atoms with van der Waals surface area (Å²) in [6, 6.07) is 23.0. The van der Waals surface area contributed by atoms with Crippen LogP contribution in [0.3, 0.4) is 0 Å². The van der Waals surface area contributed by atoms with Crippen LogP contribution >= 0.6 is 12.2 Å². The van der Waals surface area contributed by atoms with E-state index in [0.717, 1.165) is 33.7 Å². The van der Waals surface area contributed by atoms with Crippen LogP contribution in [0.2, 0.25) is 0 Å². The zero-order valence-corrected chi connectivity index (χ0v) is 20.8. The number of hydrogen-bond acceptors (Lipinski definition) is 6. The smallest absolute Gasteiger partial charge is 0.246 e. The third-order valence-electron chi connectivity index (χ3n) is 5.65. The Balaban J connectivity index is 1.49. The van der Waals surface area contributed by atoms with E-state index in [1.165, 1.54) is 4.68 Å². The average Bonchev–Trinajstić information content (AvgIpc) is 3.42. The molecule has 0 aliphatic heterocycles. The van der Waals surface area contributed by atoms with Gasteiger partial charge in [0.05, 0.1) is 12.1 Å². The first-order chi connectivity index (χ1) is 17.5. The van der Waals surface area contributed by atoms with Gasteiger partial charge in [0.15, 0.2) is 5.82 Å². The molecular formula is C26H25N7O2S. The lowest BCUT2D eigenvalue weighted by atomic mass is 10.2. The number of nitrogens with zero attached hydrogens (tertiary/aromatic N) is 6. The highest BCUT2D eigenvalue weighted by atomic mass is 32.1. The molecule has 0 unspecified atom stereocenters. The number of fused-ring (bicyclic) bond motifs is 1. The predicted molar refractivity (Wildman–Crippen MR) is 140 cm³/mol. The molecule has 5 aromatic rings. The van der Waals surface area contributed by atoms with Gasteiger partial charge in [-0.3, -0.25) is 9.36 Å². The summed E-state index contributed by atoms with van der Waals surface area (Å²) in [7, 11) is 0. The lowest BCUT2D eigenvalue weighted by Gasteiger charge is -2.09. The summed E-state index contributed by atoms with van der Waals surface area (Å²) in [5.41, 5.74) is 4.33. The second-order valence-electron chi connectivity index (χ2n) is 8.27. The number of ether oxygens (including phenoxy) is 1. The number of aryl methyl sites for hydroxylation is 1. The minimum Gasteiger partial charge on any atom is -0.494 e. The molecule has 9 nitrogen and oxygen atoms in total. The van der Waals surface area contributed by atoms with E-state index in [-0.39, 0.29) is 12.5 Å². The fourth-order valence-corrected chi connectivity index (χ4v) is 4.23. The second-order valence-corrected chi connectivity index (χ2v) is 8.63. The number of carbonyl (C=O) groups excluding carboxylic acids is 1. The summed E-state index contributed by atoms with van der Waals surface area (Å²) in [5.74, 6) is 1.17. The van der Waals surface area contributed by atoms with Crippen LogP contribution < -0.4 is 10.1 Å². The first-order valence-electron chi connectivity index (χ1n) is 11.6. The van der Waals surface area contributed by atoms with Crippen molar-refractivity contribution < 1.29 is 9.53 Å². The van der Waals surface area contributed by atoms with Gasteiger partial charge in [-0.25, -0.2) is 9.36 Å². The minimum absolute atomic E-state index is 0.0259. The topological polar surface area (TPSA) is 91.8 Å². The number of anilines is 1. The van der Waals surface area contributed by atoms with Gasteiger partial charge in [-0.1, -0.05) is 35.0 Å². The molecule has 5 rings (SSSR count). The van der Waals surface area contributed by atoms with E-state index in [2.05, 4.69) is 15.6 Å². The maximum absolute atomic E-state index is 12.8. The highest BCUT2D eigenvalue weighted by Gasteiger charge is 2.17. The molecule has 0 radical (unpaired) electrons. The highest BCUT2D eigenvalue weighted by Crippen LogP contribution is 2.20. The van der Waals surface area contributed by atoms with Crippen molar-refractivity contribution in [2.24, 2.45) is 0 Å². The number of carbonyl (C=O) groups is 1. The van der Waals surface area contributed by atoms with Gasteiger partial charge in [-0.15, -0.1) is 5.10 Å². The zero-order chi connectivity index (χ0) is 25.1. The van der Waals surface area contributed by atoms with E-state index < -0.39 is 0 Å². The number of para-hydroxylation sites is 1. The molecule has 0 spiro atoms. The van der Waals surface area contributed by atoms with Crippen molar-refractivity contribution in [3.05, 3.63) is 89.0 Å². The number of hydrogen-bond donors (Lipinski definition) is 1. The molecule has 0 aliphatic carbocycles. The van der Waals surface area contributed by atoms with Crippen LogP contribution in [0.25, 0.3) is 16.7 Å². The van der Waals surface area contributed by atoms with Gasteiger partial charge in [0, 0.05) is 11.4 Å². The molecule has 0 saturated heterocycles. The van der Waals surface area contributed by atoms with Gasteiger partial charge in [0.2, 0.25) is 10.7 Å². The predicted octanol–water partition coefficient (Wildman–Crippen LogP) is 4.54. The molecule has 36 heavy (non-hydrogen) atoms. The molecule has 3 aromatic carbocycles. The molecule has 0 aliphatic rings. The lowest BCUT2D eigenvalue weighted by molar-refractivity contribution is -0.116. The molecule has 2 aromatic heterocycles. The Kier molecular flexibility index (Phi) is 6.59. The first kappa shape index (κ1) is 23.4. The van der Waals surface area contributed by atoms with Crippen LogP contribution in [-0.4, -0.2) is 41.9 Å². The quantitative estimate of drug-likeness (QED) is 0.315. The van der Waals surface area contributed by atoms with E-state index in [4.69, 9.17) is 22.1 Å². The van der Waals surface area contributed by atoms with Gasteiger partial charge >= 0.3 is 0 Å². The molecule has 1 N–H and O–H groups in total. The summed E-state index contributed by atoms with van der Waals surface area (Å²) in [5, 5.41) is 16.2. The SMILES string of the molecule is CCOc1ccc(-n2c(Cn3nnc4ccccc43)nn(CC(=O)Nc3ccc(C)cc3)c2=S)cc1. The van der Waals surface area contributed by atoms with E-state index in [1.807, 2.05) is 91.2 Å². The van der Waals surface area contributed by atoms with Crippen molar-refractivity contribution in [1.29, 1.82) is 0 Å². The Morgan fingerprint density at radius 2 is 1.75 bits per heavy atom. The second kappa shape index (κ2) is 10.1. The van der Waals surface area contributed by atoms with Crippen LogP contribution in [0.4, 0.5) is 5.69 Å². The Hall–Kier alpha value is -4.31. The van der Waals surface area contributed by atoms with Crippen LogP contribution in [0.1, 0.15) is 18.3 Å². The van der Waals surface area contributed by atoms with E-state index in [1.54, 1.807) is 4.68 Å². The summed E-state index contributed by atoms with van der Waals surface area (Å²) < 4.78 is 11.1. The van der Waals surface area contributed by atoms with Crippen LogP contribution in [0.5, 0.6) is 5.75 Å². The lowest BCUT2D eigenvalue weighted by Crippen LogP contribution is -2.20. The van der Waals surface area contributed by atoms with Crippen LogP contribution in [-0.2, 0) is 17.9 Å². The molecule has 0 atom stereocenters. The summed E-state index contributed by atoms with van der Waals surface area (Å²) in [4.78, 5) is 12.8. The summed E-state index contributed by atoms with van der Waals surface area (Å²) >= 11 is 5.78. The normalized spacial score (nSPS) is 11.1. The van der Waals surface area contributed by atoms with Gasteiger partial charge in [-0.05, 0) is 74.6 Å². The fraction of sp³-hybridized carbons (Fsp3) is 0.192. The van der Waals surface area contributed by atoms with Crippen molar-refractivity contribution >= 4 is 34.8 Å². The molecule has 0 saturated carbocycles. The highest BCUT2D eigenvalue weighted by molar-refractivity contribution is 7.71. The molecular weight excluding hydrogens is 474 g/mol. The molecule has 10 heteroatoms. The van der Waals surface area contributed by atoms with Crippen LogP contribution in [0.15, 0.2) is 72.8 Å². The number of aromatic nitrogens is 6. The molecule has 182 valence electrons. The van der Waals surface area contributed by atoms with Gasteiger partial charge in [-0.2, -0.15) is 5.10 Å². The van der Waals surface area contributed by atoms with E-state index >= 15 is 0 Å². The monoisotopic (exact) mass is 499 g/mol. The van der Waals surface area contributed by atoms with Crippen molar-refractivity contribution in [3.8, 4) is 11.4 Å². The number of amides is 1. The minimum atomic E-state index is -0.218. The van der Waals surface area contributed by atoms with Crippen molar-refractivity contribution in [1.82, 2.24) is 29.3 Å². The third-order valence-corrected chi connectivity index (χ3v) is 6.05. The Morgan fingerprint density at radius 3 is 2.50 bits per heavy atom. The van der Waals surface area contributed by atoms with Gasteiger partial charge < -0.3 is 10.1 Å². The van der Waals surface area contributed by atoms with Gasteiger partial charge in [0.25, 0.3) is 0 Å². The van der Waals surface area contributed by atoms with Crippen molar-refractivity contribution in [2.75, 3.05) is 11.9 Å². The van der Waals surface area contributed by atoms with Crippen molar-refractivity contribution in [3.63, 3.8) is 0 Å². The Morgan fingerprint density at radius 1 is 1.00 bits per heavy atom. The Bertz CT molecular complexity index is 1570. The summed E-state index contributed by atoms with van der Waals surface area (Å²) in [6.07, 6.45) is 0. The third kappa shape index (κ3) is 4.89. The van der Waals surface area contributed by atoms with Crippen LogP contribution in [0, 0.1) is 11.7 Å². The fourth-order valence-electron chi connectivity index (χ4n) is 3.92. The molecule has 0 bridgehead atoms. The number of nitrogens with one attached hydrogen (secondary N) is 1. The number of benzene rings is 3. The molecule has 1 amide bonds. The van der Waals surface area contributed by atoms with Gasteiger partial charge in [0.1, 0.15) is 24.4 Å². The summed E-state index contributed by atoms with van der Waals surface area (Å²) in [6.45, 7) is 4.82. The standard InChI is InChI=1S/C26H25N7O2S/c1-3-35-21-14-12-20(13-15-21)33-24(16-31-23-7-5-4-6-22(23)28-30-31)29-32(26(33)36)17-25(34)27-19-10-8-18(2)9-11-19/h4-15H,3,16-17H2,1-2H3,(H,27,34). The van der Waals surface area contributed by atoms with E-state index in [9.17, 15) is 4.79 Å². The average molecular weight is 500 g/mol. The number of rotatable bonds is 8. The maximum atomic E-state index is 12.8. The molecule has 0 fully saturated rings. The van der Waals surface area contributed by atoms with E-state index in [0.29, 0.717) is 23.7 Å². The largest absolute Gasteiger partial charge is 0.494 e. The zero-order valence-electron chi connectivity index (χ0n) is 20.0. The first-order valence-corrected chi connectivity index (χ1v) is 12.0. The maximum Gasteiger partial charge on any atom is 0.246 e. The van der Waals surface area contributed by atoms with Crippen molar-refractivity contribution in [2.45, 2.75) is 26.9 Å². The Labute approximate surface area is 212 Å².